The Morgan fingerprint density at radius 1 is 1.03 bits per heavy atom. The van der Waals surface area contributed by atoms with Gasteiger partial charge in [0.05, 0.1) is 29.5 Å². The number of morpholine rings is 1. The summed E-state index contributed by atoms with van der Waals surface area (Å²) in [5.74, 6) is 0.198. The van der Waals surface area contributed by atoms with E-state index in [-0.39, 0.29) is 29.3 Å². The molecule has 0 spiro atoms. The quantitative estimate of drug-likeness (QED) is 0.326. The molecule has 2 aliphatic rings. The molecule has 1 aliphatic heterocycles. The molecule has 180 valence electrons. The first-order chi connectivity index (χ1) is 17.1. The van der Waals surface area contributed by atoms with Crippen LogP contribution in [0, 0.1) is 16.0 Å². The van der Waals surface area contributed by atoms with Crippen LogP contribution < -0.4 is 20.9 Å². The van der Waals surface area contributed by atoms with Crippen molar-refractivity contribution in [2.75, 3.05) is 47.2 Å². The van der Waals surface area contributed by atoms with Crippen LogP contribution in [0.4, 0.5) is 40.2 Å². The summed E-state index contributed by atoms with van der Waals surface area (Å²) in [7, 11) is 0. The fraction of sp³-hybridized carbons (Fsp3) is 0.292. The highest BCUT2D eigenvalue weighted by Crippen LogP contribution is 2.34. The van der Waals surface area contributed by atoms with Crippen LogP contribution in [0.15, 0.2) is 54.7 Å². The van der Waals surface area contributed by atoms with E-state index >= 15 is 0 Å². The number of rotatable bonds is 8. The zero-order chi connectivity index (χ0) is 24.2. The van der Waals surface area contributed by atoms with Crippen molar-refractivity contribution in [1.29, 1.82) is 0 Å². The molecule has 0 bridgehead atoms. The van der Waals surface area contributed by atoms with Crippen LogP contribution in [0.3, 0.4) is 0 Å². The maximum atomic E-state index is 12.2. The fourth-order valence-corrected chi connectivity index (χ4v) is 3.78. The second kappa shape index (κ2) is 9.94. The molecular formula is C24H25N7O4. The number of nitro groups is 1. The van der Waals surface area contributed by atoms with Crippen LogP contribution in [-0.4, -0.2) is 47.1 Å². The third-order valence-corrected chi connectivity index (χ3v) is 5.85. The average molecular weight is 476 g/mol. The van der Waals surface area contributed by atoms with Crippen molar-refractivity contribution in [2.24, 2.45) is 5.92 Å². The number of ether oxygens (including phenoxy) is 1. The Kier molecular flexibility index (Phi) is 6.40. The molecule has 11 nitrogen and oxygen atoms in total. The van der Waals surface area contributed by atoms with Crippen LogP contribution in [0.25, 0.3) is 0 Å². The Morgan fingerprint density at radius 2 is 1.74 bits per heavy atom. The van der Waals surface area contributed by atoms with E-state index in [1.54, 1.807) is 24.3 Å². The summed E-state index contributed by atoms with van der Waals surface area (Å²) < 4.78 is 5.40. The monoisotopic (exact) mass is 475 g/mol. The molecule has 1 aliphatic carbocycles. The van der Waals surface area contributed by atoms with Gasteiger partial charge in [0.1, 0.15) is 6.20 Å². The molecule has 3 N–H and O–H groups in total. The predicted octanol–water partition coefficient (Wildman–Crippen LogP) is 4.06. The van der Waals surface area contributed by atoms with E-state index in [0.717, 1.165) is 43.5 Å². The topological polar surface area (TPSA) is 135 Å². The van der Waals surface area contributed by atoms with Crippen molar-refractivity contribution in [3.8, 4) is 0 Å². The van der Waals surface area contributed by atoms with Gasteiger partial charge in [-0.2, -0.15) is 4.98 Å². The first-order valence-corrected chi connectivity index (χ1v) is 11.4. The number of hydrogen-bond donors (Lipinski definition) is 3. The minimum absolute atomic E-state index is 0.0190. The van der Waals surface area contributed by atoms with Gasteiger partial charge in [-0.1, -0.05) is 12.1 Å². The predicted molar refractivity (Wildman–Crippen MR) is 133 cm³/mol. The SMILES string of the molecule is O=C(Nc1ccccc1Nc1nc(Nc2ccc(N3CCOCC3)cc2)ncc1[N+](=O)[O-])C1CC1. The van der Waals surface area contributed by atoms with Gasteiger partial charge in [-0.15, -0.1) is 0 Å². The third kappa shape index (κ3) is 5.46. The Labute approximate surface area is 201 Å². The molecule has 1 amide bonds. The smallest absolute Gasteiger partial charge is 0.329 e. The van der Waals surface area contributed by atoms with E-state index in [1.807, 2.05) is 24.3 Å². The second-order valence-corrected chi connectivity index (χ2v) is 8.39. The van der Waals surface area contributed by atoms with Gasteiger partial charge in [0.2, 0.25) is 17.7 Å². The highest BCUT2D eigenvalue weighted by Gasteiger charge is 2.30. The zero-order valence-corrected chi connectivity index (χ0v) is 18.9. The van der Waals surface area contributed by atoms with Gasteiger partial charge in [0.25, 0.3) is 0 Å². The Balaban J connectivity index is 1.35. The average Bonchev–Trinajstić information content (AvgIpc) is 3.72. The number of anilines is 6. The Bertz CT molecular complexity index is 1220. The van der Waals surface area contributed by atoms with Crippen LogP contribution in [0.1, 0.15) is 12.8 Å². The third-order valence-electron chi connectivity index (χ3n) is 5.85. The van der Waals surface area contributed by atoms with Crippen molar-refractivity contribution in [3.63, 3.8) is 0 Å². The number of nitrogens with one attached hydrogen (secondary N) is 3. The molecule has 2 fully saturated rings. The number of amides is 1. The highest BCUT2D eigenvalue weighted by molar-refractivity contribution is 5.97. The maximum absolute atomic E-state index is 12.2. The van der Waals surface area contributed by atoms with E-state index in [0.29, 0.717) is 24.6 Å². The first-order valence-electron chi connectivity index (χ1n) is 11.4. The van der Waals surface area contributed by atoms with E-state index in [9.17, 15) is 14.9 Å². The lowest BCUT2D eigenvalue weighted by Crippen LogP contribution is -2.36. The molecule has 1 saturated carbocycles. The minimum atomic E-state index is -0.547. The normalized spacial score (nSPS) is 15.4. The summed E-state index contributed by atoms with van der Waals surface area (Å²) >= 11 is 0. The number of carbonyl (C=O) groups excluding carboxylic acids is 1. The van der Waals surface area contributed by atoms with Crippen molar-refractivity contribution < 1.29 is 14.5 Å². The van der Waals surface area contributed by atoms with Crippen molar-refractivity contribution in [2.45, 2.75) is 12.8 Å². The molecule has 2 heterocycles. The molecule has 5 rings (SSSR count). The molecule has 3 aromatic rings. The van der Waals surface area contributed by atoms with E-state index in [2.05, 4.69) is 30.8 Å². The van der Waals surface area contributed by atoms with Gasteiger partial charge in [-0.3, -0.25) is 14.9 Å². The van der Waals surface area contributed by atoms with E-state index < -0.39 is 4.92 Å². The number of carbonyl (C=O) groups is 1. The molecule has 0 unspecified atom stereocenters. The molecule has 35 heavy (non-hydrogen) atoms. The van der Waals surface area contributed by atoms with Crippen LogP contribution in [-0.2, 0) is 9.53 Å². The van der Waals surface area contributed by atoms with Gasteiger partial charge in [0.15, 0.2) is 0 Å². The lowest BCUT2D eigenvalue weighted by atomic mass is 10.2. The summed E-state index contributed by atoms with van der Waals surface area (Å²) in [6, 6.07) is 14.8. The van der Waals surface area contributed by atoms with Crippen LogP contribution in [0.2, 0.25) is 0 Å². The zero-order valence-electron chi connectivity index (χ0n) is 18.9. The summed E-state index contributed by atoms with van der Waals surface area (Å²) in [6.07, 6.45) is 2.91. The minimum Gasteiger partial charge on any atom is -0.378 e. The molecular weight excluding hydrogens is 450 g/mol. The van der Waals surface area contributed by atoms with Gasteiger partial charge in [-0.25, -0.2) is 4.98 Å². The fourth-order valence-electron chi connectivity index (χ4n) is 3.78. The standard InChI is InChI=1S/C24H25N7O4/c32-23(16-5-6-16)28-20-4-2-1-3-19(20)27-22-21(31(33)34)15-25-24(29-22)26-17-7-9-18(10-8-17)30-11-13-35-14-12-30/h1-4,7-10,15-16H,5-6,11-14H2,(H,28,32)(H2,25,26,27,29). The molecule has 2 aromatic carbocycles. The number of para-hydroxylation sites is 2. The van der Waals surface area contributed by atoms with E-state index in [1.165, 1.54) is 0 Å². The summed E-state index contributed by atoms with van der Waals surface area (Å²) in [5.41, 5.74) is 2.60. The summed E-state index contributed by atoms with van der Waals surface area (Å²) in [4.78, 5) is 34.0. The summed E-state index contributed by atoms with van der Waals surface area (Å²) in [6.45, 7) is 3.10. The molecule has 0 radical (unpaired) electrons. The maximum Gasteiger partial charge on any atom is 0.329 e. The van der Waals surface area contributed by atoms with Crippen molar-refractivity contribution in [3.05, 3.63) is 64.8 Å². The Morgan fingerprint density at radius 3 is 2.43 bits per heavy atom. The summed E-state index contributed by atoms with van der Waals surface area (Å²) in [5, 5.41) is 20.6. The van der Waals surface area contributed by atoms with Crippen LogP contribution in [0.5, 0.6) is 0 Å². The number of benzene rings is 2. The number of nitrogens with zero attached hydrogens (tertiary/aromatic N) is 4. The Hall–Kier alpha value is -4.25. The van der Waals surface area contributed by atoms with Crippen LogP contribution >= 0.6 is 0 Å². The largest absolute Gasteiger partial charge is 0.378 e. The molecule has 0 atom stereocenters. The lowest BCUT2D eigenvalue weighted by molar-refractivity contribution is -0.384. The molecule has 1 aromatic heterocycles. The van der Waals surface area contributed by atoms with Gasteiger partial charge >= 0.3 is 5.69 Å². The van der Waals surface area contributed by atoms with Gasteiger partial charge in [-0.05, 0) is 49.2 Å². The molecule has 11 heteroatoms. The van der Waals surface area contributed by atoms with Crippen molar-refractivity contribution in [1.82, 2.24) is 9.97 Å². The highest BCUT2D eigenvalue weighted by atomic mass is 16.6. The van der Waals surface area contributed by atoms with Gasteiger partial charge < -0.3 is 25.6 Å². The molecule has 1 saturated heterocycles. The second-order valence-electron chi connectivity index (χ2n) is 8.39. The first kappa shape index (κ1) is 22.5. The number of hydrogen-bond acceptors (Lipinski definition) is 9. The lowest BCUT2D eigenvalue weighted by Gasteiger charge is -2.28. The number of aromatic nitrogens is 2. The van der Waals surface area contributed by atoms with Gasteiger partial charge in [0, 0.05) is 30.4 Å². The van der Waals surface area contributed by atoms with Crippen molar-refractivity contribution >= 4 is 46.1 Å². The van der Waals surface area contributed by atoms with E-state index in [4.69, 9.17) is 4.74 Å².